The highest BCUT2D eigenvalue weighted by molar-refractivity contribution is 7.90. The molecule has 0 unspecified atom stereocenters. The summed E-state index contributed by atoms with van der Waals surface area (Å²) in [6, 6.07) is 0.309. The molecule has 0 aromatic carbocycles. The first kappa shape index (κ1) is 18.0. The average molecular weight is 358 g/mol. The second-order valence-electron chi connectivity index (χ2n) is 8.05. The Balaban J connectivity index is 1.60. The van der Waals surface area contributed by atoms with Crippen molar-refractivity contribution in [3.05, 3.63) is 0 Å². The number of hydrogen-bond donors (Lipinski definition) is 1. The Kier molecular flexibility index (Phi) is 5.39. The highest BCUT2D eigenvalue weighted by Crippen LogP contribution is 2.34. The fraction of sp³-hybridized carbons (Fsp3) is 0.941. The predicted molar refractivity (Wildman–Crippen MR) is 94.2 cm³/mol. The molecular weight excluding hydrogens is 326 g/mol. The van der Waals surface area contributed by atoms with Crippen molar-refractivity contribution in [3.8, 4) is 0 Å². The molecular formula is C17H31N3O3S. The molecule has 2 atom stereocenters. The number of urea groups is 1. The third-order valence-corrected chi connectivity index (χ3v) is 8.10. The summed E-state index contributed by atoms with van der Waals surface area (Å²) in [4.78, 5) is 14.3. The summed E-state index contributed by atoms with van der Waals surface area (Å²) in [5.41, 5.74) is 0. The number of carbonyl (C=O) groups is 1. The van der Waals surface area contributed by atoms with Gasteiger partial charge in [0.05, 0.1) is 5.25 Å². The lowest BCUT2D eigenvalue weighted by Crippen LogP contribution is -2.45. The van der Waals surface area contributed by atoms with Gasteiger partial charge in [-0.1, -0.05) is 26.7 Å². The van der Waals surface area contributed by atoms with E-state index in [9.17, 15) is 13.2 Å². The molecule has 1 saturated carbocycles. The van der Waals surface area contributed by atoms with Gasteiger partial charge in [0, 0.05) is 32.2 Å². The topological polar surface area (TPSA) is 69.7 Å². The molecule has 2 amide bonds. The molecule has 0 aromatic heterocycles. The van der Waals surface area contributed by atoms with E-state index in [1.165, 1.54) is 12.8 Å². The molecule has 1 N–H and O–H groups in total. The third-order valence-electron chi connectivity index (χ3n) is 5.70. The van der Waals surface area contributed by atoms with E-state index >= 15 is 0 Å². The maximum atomic E-state index is 12.8. The van der Waals surface area contributed by atoms with Crippen LogP contribution in [0.3, 0.4) is 0 Å². The van der Waals surface area contributed by atoms with Crippen molar-refractivity contribution in [2.45, 2.75) is 63.7 Å². The van der Waals surface area contributed by atoms with Crippen LogP contribution in [-0.4, -0.2) is 61.1 Å². The van der Waals surface area contributed by atoms with Gasteiger partial charge in [0.2, 0.25) is 10.0 Å². The third kappa shape index (κ3) is 3.72. The van der Waals surface area contributed by atoms with Gasteiger partial charge in [-0.05, 0) is 37.5 Å². The van der Waals surface area contributed by atoms with Crippen LogP contribution in [0.1, 0.15) is 52.4 Å². The van der Waals surface area contributed by atoms with E-state index in [0.29, 0.717) is 44.6 Å². The Morgan fingerprint density at radius 3 is 2.46 bits per heavy atom. The van der Waals surface area contributed by atoms with E-state index in [-0.39, 0.29) is 17.2 Å². The fourth-order valence-electron chi connectivity index (χ4n) is 4.42. The highest BCUT2D eigenvalue weighted by atomic mass is 32.2. The van der Waals surface area contributed by atoms with Crippen molar-refractivity contribution < 1.29 is 13.2 Å². The largest absolute Gasteiger partial charge is 0.335 e. The lowest BCUT2D eigenvalue weighted by atomic mass is 10.0. The molecule has 3 rings (SSSR count). The predicted octanol–water partition coefficient (Wildman–Crippen LogP) is 2.02. The van der Waals surface area contributed by atoms with Gasteiger partial charge >= 0.3 is 6.03 Å². The molecule has 7 heteroatoms. The van der Waals surface area contributed by atoms with Crippen LogP contribution in [0.2, 0.25) is 0 Å². The molecule has 2 aliphatic heterocycles. The first-order chi connectivity index (χ1) is 11.4. The molecule has 3 fully saturated rings. The molecule has 2 heterocycles. The molecule has 0 aromatic rings. The minimum Gasteiger partial charge on any atom is -0.335 e. The molecule has 24 heavy (non-hydrogen) atoms. The monoisotopic (exact) mass is 357 g/mol. The standard InChI is InChI=1S/C17H31N3O3S/c1-13(2)11-20-12-14-7-9-19(10-8-16(14)24(20,22)23)17(21)18-15-5-3-4-6-15/h13-16H,3-12H2,1-2H3,(H,18,21)/t14-,16-/m1/s1. The van der Waals surface area contributed by atoms with Crippen LogP contribution in [0.25, 0.3) is 0 Å². The summed E-state index contributed by atoms with van der Waals surface area (Å²) < 4.78 is 27.2. The van der Waals surface area contributed by atoms with Crippen LogP contribution in [0, 0.1) is 11.8 Å². The minimum absolute atomic E-state index is 0.00157. The number of sulfonamides is 1. The average Bonchev–Trinajstić information content (AvgIpc) is 3.00. The molecule has 2 saturated heterocycles. The Bertz CT molecular complexity index is 557. The zero-order chi connectivity index (χ0) is 17.3. The van der Waals surface area contributed by atoms with Crippen LogP contribution in [0.5, 0.6) is 0 Å². The van der Waals surface area contributed by atoms with Crippen molar-refractivity contribution in [1.82, 2.24) is 14.5 Å². The number of hydrogen-bond acceptors (Lipinski definition) is 3. The number of fused-ring (bicyclic) bond motifs is 1. The van der Waals surface area contributed by atoms with Gasteiger partial charge in [-0.25, -0.2) is 17.5 Å². The number of carbonyl (C=O) groups excluding carboxylic acids is 1. The summed E-state index contributed by atoms with van der Waals surface area (Å²) >= 11 is 0. The maximum absolute atomic E-state index is 12.8. The normalized spacial score (nSPS) is 31.2. The van der Waals surface area contributed by atoms with Gasteiger partial charge in [0.1, 0.15) is 0 Å². The van der Waals surface area contributed by atoms with E-state index < -0.39 is 10.0 Å². The molecule has 138 valence electrons. The second kappa shape index (κ2) is 7.20. The van der Waals surface area contributed by atoms with E-state index in [0.717, 1.165) is 19.3 Å². The molecule has 6 nitrogen and oxygen atoms in total. The van der Waals surface area contributed by atoms with Crippen LogP contribution >= 0.6 is 0 Å². The number of amides is 2. The molecule has 0 radical (unpaired) electrons. The summed E-state index contributed by atoms with van der Waals surface area (Å²) in [6.45, 7) is 6.57. The number of rotatable bonds is 3. The van der Waals surface area contributed by atoms with Gasteiger partial charge in [0.25, 0.3) is 0 Å². The fourth-order valence-corrected chi connectivity index (χ4v) is 6.82. The summed E-state index contributed by atoms with van der Waals surface area (Å²) in [6.07, 6.45) is 5.89. The Hall–Kier alpha value is -0.820. The van der Waals surface area contributed by atoms with Crippen LogP contribution < -0.4 is 5.32 Å². The maximum Gasteiger partial charge on any atom is 0.317 e. The smallest absolute Gasteiger partial charge is 0.317 e. The first-order valence-electron chi connectivity index (χ1n) is 9.42. The van der Waals surface area contributed by atoms with Crippen molar-refractivity contribution in [2.75, 3.05) is 26.2 Å². The molecule has 1 aliphatic carbocycles. The number of nitrogens with zero attached hydrogens (tertiary/aromatic N) is 2. The summed E-state index contributed by atoms with van der Waals surface area (Å²) in [5, 5.41) is 2.82. The lowest BCUT2D eigenvalue weighted by molar-refractivity contribution is 0.194. The number of nitrogens with one attached hydrogen (secondary N) is 1. The zero-order valence-corrected chi connectivity index (χ0v) is 15.7. The van der Waals surface area contributed by atoms with Crippen LogP contribution in [0.4, 0.5) is 4.79 Å². The highest BCUT2D eigenvalue weighted by Gasteiger charge is 2.47. The molecule has 0 bridgehead atoms. The Morgan fingerprint density at radius 2 is 1.79 bits per heavy atom. The Labute approximate surface area is 146 Å². The van der Waals surface area contributed by atoms with Crippen LogP contribution in [-0.2, 0) is 10.0 Å². The van der Waals surface area contributed by atoms with Crippen molar-refractivity contribution in [3.63, 3.8) is 0 Å². The molecule has 0 spiro atoms. The molecule has 3 aliphatic rings. The van der Waals surface area contributed by atoms with Gasteiger partial charge in [0.15, 0.2) is 0 Å². The van der Waals surface area contributed by atoms with Gasteiger partial charge in [-0.2, -0.15) is 0 Å². The second-order valence-corrected chi connectivity index (χ2v) is 10.2. The van der Waals surface area contributed by atoms with E-state index in [1.54, 1.807) is 4.31 Å². The van der Waals surface area contributed by atoms with Crippen molar-refractivity contribution in [1.29, 1.82) is 0 Å². The number of likely N-dealkylation sites (tertiary alicyclic amines) is 1. The minimum atomic E-state index is -3.20. The van der Waals surface area contributed by atoms with Crippen molar-refractivity contribution >= 4 is 16.1 Å². The summed E-state index contributed by atoms with van der Waals surface area (Å²) in [7, 11) is -3.20. The van der Waals surface area contributed by atoms with Crippen molar-refractivity contribution in [2.24, 2.45) is 11.8 Å². The quantitative estimate of drug-likeness (QED) is 0.840. The SMILES string of the molecule is CC(C)CN1C[C@H]2CCN(C(=O)NC3CCCC3)CC[C@H]2S1(=O)=O. The van der Waals surface area contributed by atoms with Crippen LogP contribution in [0.15, 0.2) is 0 Å². The van der Waals surface area contributed by atoms with E-state index in [4.69, 9.17) is 0 Å². The van der Waals surface area contributed by atoms with Gasteiger partial charge < -0.3 is 10.2 Å². The summed E-state index contributed by atoms with van der Waals surface area (Å²) in [5.74, 6) is 0.508. The van der Waals surface area contributed by atoms with E-state index in [2.05, 4.69) is 19.2 Å². The van der Waals surface area contributed by atoms with E-state index in [1.807, 2.05) is 4.90 Å². The van der Waals surface area contributed by atoms with Gasteiger partial charge in [-0.3, -0.25) is 0 Å². The Morgan fingerprint density at radius 1 is 1.12 bits per heavy atom. The lowest BCUT2D eigenvalue weighted by Gasteiger charge is -2.24. The zero-order valence-electron chi connectivity index (χ0n) is 14.9. The van der Waals surface area contributed by atoms with Gasteiger partial charge in [-0.15, -0.1) is 0 Å². The first-order valence-corrected chi connectivity index (χ1v) is 10.9.